The summed E-state index contributed by atoms with van der Waals surface area (Å²) in [6.45, 7) is 2.18. The molecule has 15 heavy (non-hydrogen) atoms. The lowest BCUT2D eigenvalue weighted by Gasteiger charge is -2.02. The zero-order valence-corrected chi connectivity index (χ0v) is 9.64. The number of hydrogen-bond donors (Lipinski definition) is 0. The van der Waals surface area contributed by atoms with E-state index in [1.165, 1.54) is 6.42 Å². The first kappa shape index (κ1) is 10.4. The van der Waals surface area contributed by atoms with Crippen molar-refractivity contribution in [2.75, 3.05) is 0 Å². The summed E-state index contributed by atoms with van der Waals surface area (Å²) < 4.78 is 6.67. The van der Waals surface area contributed by atoms with Crippen molar-refractivity contribution in [2.45, 2.75) is 26.2 Å². The molecule has 0 fully saturated rings. The first-order chi connectivity index (χ1) is 7.31. The molecule has 2 aromatic rings. The van der Waals surface area contributed by atoms with Crippen LogP contribution < -0.4 is 0 Å². The van der Waals surface area contributed by atoms with Gasteiger partial charge < -0.3 is 4.42 Å². The van der Waals surface area contributed by atoms with Gasteiger partial charge in [-0.15, -0.1) is 0 Å². The van der Waals surface area contributed by atoms with Crippen LogP contribution in [-0.2, 0) is 6.42 Å². The van der Waals surface area contributed by atoms with Crippen LogP contribution in [0.25, 0.3) is 11.0 Å². The molecule has 1 heterocycles. The second-order valence-corrected chi connectivity index (χ2v) is 4.12. The Bertz CT molecular complexity index is 513. The number of hydrogen-bond acceptors (Lipinski definition) is 2. The molecular weight excluding hydrogens is 204 g/mol. The van der Waals surface area contributed by atoms with E-state index in [0.717, 1.165) is 34.1 Å². The molecule has 2 rings (SSSR count). The van der Waals surface area contributed by atoms with Crippen molar-refractivity contribution in [3.8, 4) is 0 Å². The lowest BCUT2D eigenvalue weighted by atomic mass is 10.2. The SMILES string of the molecule is CCCCc1cc(=S)c2ccccc2o1. The van der Waals surface area contributed by atoms with Gasteiger partial charge in [0.05, 0.1) is 4.51 Å². The number of aryl methyl sites for hydroxylation is 1. The molecule has 2 heteroatoms. The van der Waals surface area contributed by atoms with Gasteiger partial charge in [-0.05, 0) is 24.6 Å². The number of para-hydroxylation sites is 1. The molecule has 1 aromatic heterocycles. The fourth-order valence-corrected chi connectivity index (χ4v) is 1.93. The van der Waals surface area contributed by atoms with Crippen LogP contribution in [0.4, 0.5) is 0 Å². The highest BCUT2D eigenvalue weighted by molar-refractivity contribution is 7.71. The third-order valence-corrected chi connectivity index (χ3v) is 2.80. The van der Waals surface area contributed by atoms with Crippen LogP contribution in [0.3, 0.4) is 0 Å². The molecule has 0 saturated heterocycles. The molecule has 0 aliphatic rings. The monoisotopic (exact) mass is 218 g/mol. The van der Waals surface area contributed by atoms with Gasteiger partial charge in [0.2, 0.25) is 0 Å². The number of fused-ring (bicyclic) bond motifs is 1. The van der Waals surface area contributed by atoms with E-state index >= 15 is 0 Å². The Morgan fingerprint density at radius 3 is 2.87 bits per heavy atom. The van der Waals surface area contributed by atoms with E-state index in [1.54, 1.807) is 0 Å². The highest BCUT2D eigenvalue weighted by Gasteiger charge is 2.00. The highest BCUT2D eigenvalue weighted by Crippen LogP contribution is 2.18. The van der Waals surface area contributed by atoms with Crippen LogP contribution in [0.2, 0.25) is 0 Å². The van der Waals surface area contributed by atoms with Gasteiger partial charge in [-0.1, -0.05) is 37.7 Å². The summed E-state index contributed by atoms with van der Waals surface area (Å²) in [7, 11) is 0. The van der Waals surface area contributed by atoms with Gasteiger partial charge in [-0.3, -0.25) is 0 Å². The maximum atomic E-state index is 5.78. The molecule has 0 aliphatic carbocycles. The molecule has 0 N–H and O–H groups in total. The van der Waals surface area contributed by atoms with Gasteiger partial charge in [0.1, 0.15) is 11.3 Å². The molecule has 0 aliphatic heterocycles. The quantitative estimate of drug-likeness (QED) is 0.703. The van der Waals surface area contributed by atoms with Gasteiger partial charge in [-0.25, -0.2) is 0 Å². The summed E-state index contributed by atoms with van der Waals surface area (Å²) in [5.74, 6) is 1.00. The Kier molecular flexibility index (Phi) is 3.17. The third-order valence-electron chi connectivity index (χ3n) is 2.46. The predicted octanol–water partition coefficient (Wildman–Crippen LogP) is 4.50. The molecular formula is C13H14OS. The van der Waals surface area contributed by atoms with E-state index in [4.69, 9.17) is 16.6 Å². The first-order valence-electron chi connectivity index (χ1n) is 5.33. The molecule has 0 amide bonds. The van der Waals surface area contributed by atoms with E-state index in [9.17, 15) is 0 Å². The normalized spacial score (nSPS) is 10.7. The molecule has 78 valence electrons. The predicted molar refractivity (Wildman–Crippen MR) is 65.7 cm³/mol. The largest absolute Gasteiger partial charge is 0.461 e. The molecule has 0 bridgehead atoms. The third kappa shape index (κ3) is 2.26. The summed E-state index contributed by atoms with van der Waals surface area (Å²) in [5, 5.41) is 1.03. The average Bonchev–Trinajstić information content (AvgIpc) is 2.26. The topological polar surface area (TPSA) is 13.1 Å². The number of benzene rings is 1. The number of rotatable bonds is 3. The lowest BCUT2D eigenvalue weighted by molar-refractivity contribution is 0.525. The van der Waals surface area contributed by atoms with Crippen LogP contribution in [-0.4, -0.2) is 0 Å². The molecule has 0 spiro atoms. The van der Waals surface area contributed by atoms with Crippen LogP contribution in [0.5, 0.6) is 0 Å². The van der Waals surface area contributed by atoms with Gasteiger partial charge in [0, 0.05) is 11.8 Å². The maximum absolute atomic E-state index is 5.78. The standard InChI is InChI=1S/C13H14OS/c1-2-3-6-10-9-13(15)11-7-4-5-8-12(11)14-10/h4-5,7-9H,2-3,6H2,1H3. The summed E-state index contributed by atoms with van der Waals surface area (Å²) >= 11 is 5.33. The van der Waals surface area contributed by atoms with Gasteiger partial charge in [0.15, 0.2) is 0 Å². The zero-order chi connectivity index (χ0) is 10.7. The Morgan fingerprint density at radius 2 is 2.07 bits per heavy atom. The van der Waals surface area contributed by atoms with Crippen molar-refractivity contribution in [3.63, 3.8) is 0 Å². The minimum atomic E-state index is 0.892. The Hall–Kier alpha value is -1.15. The van der Waals surface area contributed by atoms with E-state index in [-0.39, 0.29) is 0 Å². The van der Waals surface area contributed by atoms with Gasteiger partial charge >= 0.3 is 0 Å². The van der Waals surface area contributed by atoms with Crippen LogP contribution in [0, 0.1) is 4.51 Å². The Labute approximate surface area is 94.7 Å². The van der Waals surface area contributed by atoms with E-state index < -0.39 is 0 Å². The smallest absolute Gasteiger partial charge is 0.135 e. The summed E-state index contributed by atoms with van der Waals surface area (Å²) in [5.41, 5.74) is 0.899. The minimum Gasteiger partial charge on any atom is -0.461 e. The fourth-order valence-electron chi connectivity index (χ4n) is 1.63. The maximum Gasteiger partial charge on any atom is 0.135 e. The van der Waals surface area contributed by atoms with Crippen LogP contribution in [0.15, 0.2) is 34.7 Å². The summed E-state index contributed by atoms with van der Waals surface area (Å²) in [6, 6.07) is 9.92. The lowest BCUT2D eigenvalue weighted by Crippen LogP contribution is -1.85. The molecule has 0 radical (unpaired) electrons. The second kappa shape index (κ2) is 4.58. The van der Waals surface area contributed by atoms with Crippen LogP contribution in [0.1, 0.15) is 25.5 Å². The van der Waals surface area contributed by atoms with Crippen molar-refractivity contribution in [1.82, 2.24) is 0 Å². The molecule has 0 saturated carbocycles. The Balaban J connectivity index is 2.48. The van der Waals surface area contributed by atoms with Crippen molar-refractivity contribution in [1.29, 1.82) is 0 Å². The molecule has 0 atom stereocenters. The zero-order valence-electron chi connectivity index (χ0n) is 8.82. The molecule has 0 unspecified atom stereocenters. The van der Waals surface area contributed by atoms with E-state index in [0.29, 0.717) is 0 Å². The van der Waals surface area contributed by atoms with Crippen molar-refractivity contribution >= 4 is 23.2 Å². The van der Waals surface area contributed by atoms with Crippen molar-refractivity contribution in [3.05, 3.63) is 40.6 Å². The van der Waals surface area contributed by atoms with Gasteiger partial charge in [0.25, 0.3) is 0 Å². The molecule has 1 aromatic carbocycles. The average molecular weight is 218 g/mol. The summed E-state index contributed by atoms with van der Waals surface area (Å²) in [4.78, 5) is 0. The van der Waals surface area contributed by atoms with E-state index in [2.05, 4.69) is 6.92 Å². The van der Waals surface area contributed by atoms with Crippen molar-refractivity contribution in [2.24, 2.45) is 0 Å². The fraction of sp³-hybridized carbons (Fsp3) is 0.308. The first-order valence-corrected chi connectivity index (χ1v) is 5.74. The number of unbranched alkanes of at least 4 members (excludes halogenated alkanes) is 1. The van der Waals surface area contributed by atoms with Gasteiger partial charge in [-0.2, -0.15) is 0 Å². The minimum absolute atomic E-state index is 0.892. The van der Waals surface area contributed by atoms with E-state index in [1.807, 2.05) is 30.3 Å². The molecule has 1 nitrogen and oxygen atoms in total. The van der Waals surface area contributed by atoms with Crippen LogP contribution >= 0.6 is 12.2 Å². The highest BCUT2D eigenvalue weighted by atomic mass is 32.1. The Morgan fingerprint density at radius 1 is 1.27 bits per heavy atom. The van der Waals surface area contributed by atoms with Crippen molar-refractivity contribution < 1.29 is 4.42 Å². The summed E-state index contributed by atoms with van der Waals surface area (Å²) in [6.07, 6.45) is 3.30. The second-order valence-electron chi connectivity index (χ2n) is 3.68.